The maximum atomic E-state index is 11.8. The van der Waals surface area contributed by atoms with Crippen LogP contribution in [0.4, 0.5) is 0 Å². The molecule has 0 atom stereocenters. The Labute approximate surface area is 157 Å². The van der Waals surface area contributed by atoms with Crippen molar-refractivity contribution in [2.75, 3.05) is 20.3 Å². The highest BCUT2D eigenvalue weighted by molar-refractivity contribution is 5.77. The van der Waals surface area contributed by atoms with E-state index < -0.39 is 0 Å². The summed E-state index contributed by atoms with van der Waals surface area (Å²) in [5.74, 6) is 0.600. The fraction of sp³-hybridized carbons (Fsp3) is 0.619. The molecule has 26 heavy (non-hydrogen) atoms. The van der Waals surface area contributed by atoms with E-state index in [1.807, 2.05) is 24.3 Å². The van der Waals surface area contributed by atoms with Gasteiger partial charge in [-0.2, -0.15) is 0 Å². The van der Waals surface area contributed by atoms with Gasteiger partial charge < -0.3 is 14.8 Å². The second-order valence-electron chi connectivity index (χ2n) is 6.44. The molecular weight excluding hydrogens is 330 g/mol. The average molecular weight is 363 g/mol. The van der Waals surface area contributed by atoms with Gasteiger partial charge in [-0.25, -0.2) is 0 Å². The summed E-state index contributed by atoms with van der Waals surface area (Å²) in [4.78, 5) is 23.4. The molecule has 1 aromatic rings. The molecule has 146 valence electrons. The van der Waals surface area contributed by atoms with Gasteiger partial charge in [-0.05, 0) is 37.0 Å². The lowest BCUT2D eigenvalue weighted by atomic mass is 10.1. The van der Waals surface area contributed by atoms with Gasteiger partial charge in [0.05, 0.1) is 13.7 Å². The van der Waals surface area contributed by atoms with Gasteiger partial charge in [-0.1, -0.05) is 44.7 Å². The average Bonchev–Trinajstić information content (AvgIpc) is 2.65. The first kappa shape index (κ1) is 22.0. The Morgan fingerprint density at radius 2 is 1.69 bits per heavy atom. The maximum Gasteiger partial charge on any atom is 0.305 e. The molecule has 0 aliphatic heterocycles. The second-order valence-corrected chi connectivity index (χ2v) is 6.44. The monoisotopic (exact) mass is 363 g/mol. The van der Waals surface area contributed by atoms with Crippen molar-refractivity contribution in [2.24, 2.45) is 0 Å². The van der Waals surface area contributed by atoms with Crippen molar-refractivity contribution in [1.82, 2.24) is 5.32 Å². The molecule has 5 heteroatoms. The Hall–Kier alpha value is -2.04. The molecule has 1 rings (SSSR count). The lowest BCUT2D eigenvalue weighted by Gasteiger charge is -2.07. The number of carbonyl (C=O) groups is 2. The highest BCUT2D eigenvalue weighted by atomic mass is 16.5. The minimum absolute atomic E-state index is 0.0223. The van der Waals surface area contributed by atoms with Crippen LogP contribution in [0.1, 0.15) is 63.9 Å². The molecule has 0 saturated heterocycles. The van der Waals surface area contributed by atoms with Crippen molar-refractivity contribution in [3.05, 3.63) is 29.8 Å². The molecule has 0 aromatic heterocycles. The summed E-state index contributed by atoms with van der Waals surface area (Å²) in [7, 11) is 1.64. The highest BCUT2D eigenvalue weighted by Crippen LogP contribution is 2.11. The molecule has 0 aliphatic carbocycles. The van der Waals surface area contributed by atoms with Gasteiger partial charge in [0.25, 0.3) is 0 Å². The third-order valence-corrected chi connectivity index (χ3v) is 4.19. The Morgan fingerprint density at radius 1 is 0.962 bits per heavy atom. The molecule has 1 amide bonds. The van der Waals surface area contributed by atoms with E-state index in [9.17, 15) is 9.59 Å². The first-order chi connectivity index (χ1) is 12.7. The summed E-state index contributed by atoms with van der Waals surface area (Å²) in [5, 5.41) is 2.88. The predicted molar refractivity (Wildman–Crippen MR) is 103 cm³/mol. The van der Waals surface area contributed by atoms with Crippen LogP contribution in [0.5, 0.6) is 5.75 Å². The number of benzene rings is 1. The Kier molecular flexibility index (Phi) is 12.0. The first-order valence-corrected chi connectivity index (χ1v) is 9.71. The van der Waals surface area contributed by atoms with E-state index in [0.717, 1.165) is 30.6 Å². The van der Waals surface area contributed by atoms with E-state index >= 15 is 0 Å². The Bertz CT molecular complexity index is 513. The largest absolute Gasteiger partial charge is 0.497 e. The molecule has 0 radical (unpaired) electrons. The number of esters is 1. The number of hydrogen-bond donors (Lipinski definition) is 1. The van der Waals surface area contributed by atoms with Crippen molar-refractivity contribution >= 4 is 11.9 Å². The quantitative estimate of drug-likeness (QED) is 0.400. The topological polar surface area (TPSA) is 64.6 Å². The van der Waals surface area contributed by atoms with Crippen LogP contribution in [0.25, 0.3) is 0 Å². The second kappa shape index (κ2) is 14.2. The van der Waals surface area contributed by atoms with Crippen LogP contribution in [-0.2, 0) is 20.7 Å². The lowest BCUT2D eigenvalue weighted by Crippen LogP contribution is -2.25. The first-order valence-electron chi connectivity index (χ1n) is 9.71. The molecule has 1 N–H and O–H groups in total. The molecule has 0 bridgehead atoms. The van der Waals surface area contributed by atoms with Crippen molar-refractivity contribution in [3.8, 4) is 5.75 Å². The predicted octanol–water partition coefficient (Wildman–Crippen LogP) is 4.04. The fourth-order valence-electron chi connectivity index (χ4n) is 2.58. The zero-order chi connectivity index (χ0) is 19.0. The van der Waals surface area contributed by atoms with Crippen LogP contribution in [0.15, 0.2) is 24.3 Å². The van der Waals surface area contributed by atoms with E-state index in [2.05, 4.69) is 12.2 Å². The van der Waals surface area contributed by atoms with Crippen molar-refractivity contribution < 1.29 is 19.1 Å². The van der Waals surface area contributed by atoms with E-state index in [1.165, 1.54) is 19.3 Å². The number of ether oxygens (including phenoxy) is 2. The van der Waals surface area contributed by atoms with Gasteiger partial charge in [-0.3, -0.25) is 9.59 Å². The number of hydrogen-bond acceptors (Lipinski definition) is 4. The molecule has 0 heterocycles. The van der Waals surface area contributed by atoms with Crippen LogP contribution >= 0.6 is 0 Å². The summed E-state index contributed by atoms with van der Waals surface area (Å²) >= 11 is 0. The van der Waals surface area contributed by atoms with Gasteiger partial charge in [0.2, 0.25) is 5.91 Å². The molecular formula is C21H33NO4. The number of carbonyl (C=O) groups excluding carboxylic acids is 2. The van der Waals surface area contributed by atoms with Gasteiger partial charge in [-0.15, -0.1) is 0 Å². The smallest absolute Gasteiger partial charge is 0.305 e. The van der Waals surface area contributed by atoms with Gasteiger partial charge in [0.15, 0.2) is 0 Å². The fourth-order valence-corrected chi connectivity index (χ4v) is 2.58. The molecule has 5 nitrogen and oxygen atoms in total. The van der Waals surface area contributed by atoms with Crippen LogP contribution in [0.2, 0.25) is 0 Å². The standard InChI is InChI=1S/C21H33NO4/c1-3-4-5-6-7-17-26-21(24)10-8-9-20(23)22-16-15-18-11-13-19(25-2)14-12-18/h11-14H,3-10,15-17H2,1-2H3,(H,22,23). The number of methoxy groups -OCH3 is 1. The minimum Gasteiger partial charge on any atom is -0.497 e. The van der Waals surface area contributed by atoms with Gasteiger partial charge >= 0.3 is 5.97 Å². The van der Waals surface area contributed by atoms with E-state index in [4.69, 9.17) is 9.47 Å². The van der Waals surface area contributed by atoms with Crippen LogP contribution < -0.4 is 10.1 Å². The molecule has 1 aromatic carbocycles. The summed E-state index contributed by atoms with van der Waals surface area (Å²) in [6, 6.07) is 7.80. The van der Waals surface area contributed by atoms with Gasteiger partial charge in [0.1, 0.15) is 5.75 Å². The minimum atomic E-state index is -0.202. The van der Waals surface area contributed by atoms with Crippen molar-refractivity contribution in [2.45, 2.75) is 64.7 Å². The molecule has 0 spiro atoms. The molecule has 0 saturated carbocycles. The molecule has 0 unspecified atom stereocenters. The summed E-state index contributed by atoms with van der Waals surface area (Å²) in [6.45, 7) is 3.26. The Morgan fingerprint density at radius 3 is 2.38 bits per heavy atom. The number of amides is 1. The van der Waals surface area contributed by atoms with Crippen molar-refractivity contribution in [3.63, 3.8) is 0 Å². The van der Waals surface area contributed by atoms with Crippen LogP contribution in [-0.4, -0.2) is 32.1 Å². The van der Waals surface area contributed by atoms with Gasteiger partial charge in [0, 0.05) is 19.4 Å². The number of unbranched alkanes of at least 4 members (excludes halogenated alkanes) is 4. The SMILES string of the molecule is CCCCCCCOC(=O)CCCC(=O)NCCc1ccc(OC)cc1. The zero-order valence-electron chi connectivity index (χ0n) is 16.2. The van der Waals surface area contributed by atoms with Crippen LogP contribution in [0.3, 0.4) is 0 Å². The zero-order valence-corrected chi connectivity index (χ0v) is 16.2. The normalized spacial score (nSPS) is 10.4. The summed E-state index contributed by atoms with van der Waals surface area (Å²) in [5.41, 5.74) is 1.15. The maximum absolute atomic E-state index is 11.8. The summed E-state index contributed by atoms with van der Waals surface area (Å²) < 4.78 is 10.3. The Balaban J connectivity index is 2.01. The highest BCUT2D eigenvalue weighted by Gasteiger charge is 2.06. The summed E-state index contributed by atoms with van der Waals surface area (Å²) in [6.07, 6.45) is 7.65. The molecule has 0 aliphatic rings. The number of nitrogens with one attached hydrogen (secondary N) is 1. The van der Waals surface area contributed by atoms with Crippen LogP contribution in [0, 0.1) is 0 Å². The lowest BCUT2D eigenvalue weighted by molar-refractivity contribution is -0.143. The van der Waals surface area contributed by atoms with E-state index in [1.54, 1.807) is 7.11 Å². The van der Waals surface area contributed by atoms with E-state index in [0.29, 0.717) is 32.4 Å². The number of rotatable bonds is 14. The third kappa shape index (κ3) is 10.7. The van der Waals surface area contributed by atoms with E-state index in [-0.39, 0.29) is 11.9 Å². The molecule has 0 fully saturated rings. The van der Waals surface area contributed by atoms with Crippen molar-refractivity contribution in [1.29, 1.82) is 0 Å². The third-order valence-electron chi connectivity index (χ3n) is 4.19.